The molecule has 0 N–H and O–H groups in total. The van der Waals surface area contributed by atoms with Crippen molar-refractivity contribution in [2.75, 3.05) is 6.61 Å². The number of hydrogen-bond donors (Lipinski definition) is 0. The Morgan fingerprint density at radius 2 is 1.41 bits per heavy atom. The van der Waals surface area contributed by atoms with Crippen LogP contribution in [0.1, 0.15) is 35.6 Å². The van der Waals surface area contributed by atoms with E-state index in [1.165, 1.54) is 12.1 Å². The molecule has 0 bridgehead atoms. The first-order valence-electron chi connectivity index (χ1n) is 11.4. The normalized spacial score (nSPS) is 10.5. The minimum atomic E-state index is -0.362. The number of aryl methyl sites for hydroxylation is 2. The van der Waals surface area contributed by atoms with Gasteiger partial charge >= 0.3 is 0 Å². The van der Waals surface area contributed by atoms with Gasteiger partial charge in [0.2, 0.25) is 0 Å². The van der Waals surface area contributed by atoms with Crippen LogP contribution in [0.15, 0.2) is 78.9 Å². The second-order valence-corrected chi connectivity index (χ2v) is 8.33. The standard InChI is InChI=1S/C31H26F2O/c1-4-17-34-27-13-6-23(7-14-27)8-16-28-22(3)19-26(20-31(28)33)24-9-11-25(12-10-24)29-15-5-21(2)18-30(29)32/h5-7,9-15,18-20H,4,17H2,1-3H3. The minimum absolute atomic E-state index is 0.249. The third kappa shape index (κ3) is 5.35. The number of ether oxygens (including phenoxy) is 1. The molecular weight excluding hydrogens is 426 g/mol. The zero-order valence-corrected chi connectivity index (χ0v) is 19.6. The maximum Gasteiger partial charge on any atom is 0.139 e. The Bertz CT molecular complexity index is 1330. The number of hydrogen-bond acceptors (Lipinski definition) is 1. The van der Waals surface area contributed by atoms with Crippen LogP contribution in [0.25, 0.3) is 22.3 Å². The second kappa shape index (κ2) is 10.4. The first kappa shape index (κ1) is 23.3. The fraction of sp³-hybridized carbons (Fsp3) is 0.161. The topological polar surface area (TPSA) is 9.23 Å². The van der Waals surface area contributed by atoms with E-state index in [4.69, 9.17) is 4.74 Å². The molecule has 170 valence electrons. The molecule has 0 fully saturated rings. The van der Waals surface area contributed by atoms with E-state index in [9.17, 15) is 8.78 Å². The van der Waals surface area contributed by atoms with Crippen molar-refractivity contribution >= 4 is 0 Å². The highest BCUT2D eigenvalue weighted by Gasteiger charge is 2.10. The van der Waals surface area contributed by atoms with Gasteiger partial charge in [0, 0.05) is 11.1 Å². The summed E-state index contributed by atoms with van der Waals surface area (Å²) in [6.45, 7) is 6.45. The van der Waals surface area contributed by atoms with Gasteiger partial charge in [-0.25, -0.2) is 8.78 Å². The molecule has 0 unspecified atom stereocenters. The summed E-state index contributed by atoms with van der Waals surface area (Å²) in [6.07, 6.45) is 0.950. The Balaban J connectivity index is 1.55. The van der Waals surface area contributed by atoms with E-state index >= 15 is 0 Å². The quantitative estimate of drug-likeness (QED) is 0.278. The summed E-state index contributed by atoms with van der Waals surface area (Å²) in [5.41, 5.74) is 5.78. The highest BCUT2D eigenvalue weighted by Crippen LogP contribution is 2.29. The summed E-state index contributed by atoms with van der Waals surface area (Å²) in [4.78, 5) is 0. The summed E-state index contributed by atoms with van der Waals surface area (Å²) in [5.74, 6) is 6.20. The van der Waals surface area contributed by atoms with Crippen LogP contribution in [0.2, 0.25) is 0 Å². The lowest BCUT2D eigenvalue weighted by Crippen LogP contribution is -1.94. The van der Waals surface area contributed by atoms with E-state index in [0.717, 1.165) is 45.6 Å². The fourth-order valence-electron chi connectivity index (χ4n) is 3.75. The third-order valence-corrected chi connectivity index (χ3v) is 5.60. The van der Waals surface area contributed by atoms with E-state index in [1.54, 1.807) is 6.07 Å². The number of rotatable bonds is 5. The van der Waals surface area contributed by atoms with E-state index in [-0.39, 0.29) is 11.6 Å². The average Bonchev–Trinajstić information content (AvgIpc) is 2.83. The molecular formula is C31H26F2O. The Labute approximate surface area is 200 Å². The van der Waals surface area contributed by atoms with Crippen LogP contribution in [-0.4, -0.2) is 6.61 Å². The van der Waals surface area contributed by atoms with E-state index < -0.39 is 0 Å². The molecule has 0 atom stereocenters. The smallest absolute Gasteiger partial charge is 0.139 e. The van der Waals surface area contributed by atoms with Crippen molar-refractivity contribution in [1.29, 1.82) is 0 Å². The molecule has 0 aliphatic rings. The first-order chi connectivity index (χ1) is 16.4. The second-order valence-electron chi connectivity index (χ2n) is 8.33. The Hall–Kier alpha value is -3.90. The molecule has 0 saturated heterocycles. The van der Waals surface area contributed by atoms with Gasteiger partial charge < -0.3 is 4.74 Å². The Morgan fingerprint density at radius 1 is 0.706 bits per heavy atom. The molecule has 0 radical (unpaired) electrons. The maximum atomic E-state index is 15.0. The van der Waals surface area contributed by atoms with Crippen molar-refractivity contribution in [3.63, 3.8) is 0 Å². The molecule has 0 aromatic heterocycles. The molecule has 1 nitrogen and oxygen atoms in total. The molecule has 34 heavy (non-hydrogen) atoms. The van der Waals surface area contributed by atoms with Crippen LogP contribution < -0.4 is 4.74 Å². The molecule has 0 aliphatic heterocycles. The van der Waals surface area contributed by atoms with Crippen LogP contribution in [0.5, 0.6) is 5.75 Å². The zero-order chi connectivity index (χ0) is 24.1. The highest BCUT2D eigenvalue weighted by atomic mass is 19.1. The lowest BCUT2D eigenvalue weighted by molar-refractivity contribution is 0.317. The summed E-state index contributed by atoms with van der Waals surface area (Å²) >= 11 is 0. The third-order valence-electron chi connectivity index (χ3n) is 5.60. The van der Waals surface area contributed by atoms with Gasteiger partial charge in [0.05, 0.1) is 12.2 Å². The molecule has 0 aliphatic carbocycles. The molecule has 4 rings (SSSR count). The SMILES string of the molecule is CCCOc1ccc(C#Cc2c(C)cc(-c3ccc(-c4ccc(C)cc4F)cc3)cc2F)cc1. The van der Waals surface area contributed by atoms with Gasteiger partial charge in [-0.15, -0.1) is 0 Å². The average molecular weight is 453 g/mol. The van der Waals surface area contributed by atoms with Crippen molar-refractivity contribution in [1.82, 2.24) is 0 Å². The van der Waals surface area contributed by atoms with Gasteiger partial charge in [-0.3, -0.25) is 0 Å². The first-order valence-corrected chi connectivity index (χ1v) is 11.4. The molecule has 0 heterocycles. The largest absolute Gasteiger partial charge is 0.494 e. The van der Waals surface area contributed by atoms with Gasteiger partial charge in [0.1, 0.15) is 17.4 Å². The number of halogens is 2. The Kier molecular flexibility index (Phi) is 7.09. The summed E-state index contributed by atoms with van der Waals surface area (Å²) < 4.78 is 34.9. The molecule has 4 aromatic carbocycles. The highest BCUT2D eigenvalue weighted by molar-refractivity contribution is 5.72. The van der Waals surface area contributed by atoms with Crippen LogP contribution in [-0.2, 0) is 0 Å². The summed E-state index contributed by atoms with van der Waals surface area (Å²) in [7, 11) is 0. The predicted molar refractivity (Wildman–Crippen MR) is 135 cm³/mol. The van der Waals surface area contributed by atoms with E-state index in [1.807, 2.05) is 74.5 Å². The number of benzene rings is 4. The predicted octanol–water partition coefficient (Wildman–Crippen LogP) is 8.10. The van der Waals surface area contributed by atoms with Crippen LogP contribution >= 0.6 is 0 Å². The van der Waals surface area contributed by atoms with Crippen molar-refractivity contribution in [3.8, 4) is 39.8 Å². The monoisotopic (exact) mass is 452 g/mol. The minimum Gasteiger partial charge on any atom is -0.494 e. The van der Waals surface area contributed by atoms with Crippen molar-refractivity contribution in [2.45, 2.75) is 27.2 Å². The van der Waals surface area contributed by atoms with Crippen molar-refractivity contribution in [2.24, 2.45) is 0 Å². The summed E-state index contributed by atoms with van der Waals surface area (Å²) in [5, 5.41) is 0. The maximum absolute atomic E-state index is 15.0. The molecule has 0 amide bonds. The van der Waals surface area contributed by atoms with Crippen molar-refractivity contribution < 1.29 is 13.5 Å². The van der Waals surface area contributed by atoms with Crippen LogP contribution in [0, 0.1) is 37.3 Å². The van der Waals surface area contributed by atoms with Gasteiger partial charge in [0.15, 0.2) is 0 Å². The van der Waals surface area contributed by atoms with E-state index in [0.29, 0.717) is 17.7 Å². The van der Waals surface area contributed by atoms with Crippen LogP contribution in [0.4, 0.5) is 8.78 Å². The lowest BCUT2D eigenvalue weighted by Gasteiger charge is -2.09. The lowest BCUT2D eigenvalue weighted by atomic mass is 9.96. The van der Waals surface area contributed by atoms with Gasteiger partial charge in [-0.05, 0) is 90.6 Å². The summed E-state index contributed by atoms with van der Waals surface area (Å²) in [6, 6.07) is 23.6. The molecule has 3 heteroatoms. The zero-order valence-electron chi connectivity index (χ0n) is 19.6. The Morgan fingerprint density at radius 3 is 2.06 bits per heavy atom. The molecule has 0 saturated carbocycles. The van der Waals surface area contributed by atoms with E-state index in [2.05, 4.69) is 18.8 Å². The van der Waals surface area contributed by atoms with Gasteiger partial charge in [-0.2, -0.15) is 0 Å². The molecule has 0 spiro atoms. The van der Waals surface area contributed by atoms with Crippen LogP contribution in [0.3, 0.4) is 0 Å². The molecule has 4 aromatic rings. The fourth-order valence-corrected chi connectivity index (χ4v) is 3.75. The van der Waals surface area contributed by atoms with Gasteiger partial charge in [-0.1, -0.05) is 55.2 Å². The van der Waals surface area contributed by atoms with Crippen molar-refractivity contribution in [3.05, 3.63) is 113 Å². The van der Waals surface area contributed by atoms with Gasteiger partial charge in [0.25, 0.3) is 0 Å².